The van der Waals surface area contributed by atoms with Crippen molar-refractivity contribution in [1.29, 1.82) is 0 Å². The summed E-state index contributed by atoms with van der Waals surface area (Å²) >= 11 is 0. The molecule has 144 valence electrons. The number of rotatable bonds is 5. The van der Waals surface area contributed by atoms with Gasteiger partial charge in [-0.2, -0.15) is 0 Å². The minimum atomic E-state index is -3.38. The lowest BCUT2D eigenvalue weighted by atomic mass is 9.83. The summed E-state index contributed by atoms with van der Waals surface area (Å²) in [6.45, 7) is 3.33. The van der Waals surface area contributed by atoms with Crippen LogP contribution >= 0.6 is 0 Å². The van der Waals surface area contributed by atoms with Crippen LogP contribution in [0.2, 0.25) is 0 Å². The van der Waals surface area contributed by atoms with E-state index in [0.29, 0.717) is 18.8 Å². The van der Waals surface area contributed by atoms with Crippen LogP contribution < -0.4 is 10.0 Å². The molecule has 0 bridgehead atoms. The monoisotopic (exact) mass is 378 g/mol. The fourth-order valence-electron chi connectivity index (χ4n) is 4.00. The second-order valence-electron chi connectivity index (χ2n) is 7.90. The van der Waals surface area contributed by atoms with Crippen LogP contribution in [0.5, 0.6) is 0 Å². The number of hydrogen-bond donors (Lipinski definition) is 2. The third-order valence-electron chi connectivity index (χ3n) is 5.71. The number of hydrogen-bond acceptors (Lipinski definition) is 3. The Balaban J connectivity index is 1.78. The Morgan fingerprint density at radius 2 is 1.62 bits per heavy atom. The first-order valence-electron chi connectivity index (χ1n) is 9.77. The topological polar surface area (TPSA) is 75.3 Å². The first kappa shape index (κ1) is 19.4. The molecule has 2 fully saturated rings. The van der Waals surface area contributed by atoms with Gasteiger partial charge in [0.2, 0.25) is 15.9 Å². The van der Waals surface area contributed by atoms with Gasteiger partial charge in [0.1, 0.15) is 0 Å². The minimum absolute atomic E-state index is 0.0219. The van der Waals surface area contributed by atoms with E-state index in [1.54, 1.807) is 13.8 Å². The second kappa shape index (κ2) is 8.09. The predicted molar refractivity (Wildman–Crippen MR) is 103 cm³/mol. The molecular formula is C20H30N2O3S. The van der Waals surface area contributed by atoms with E-state index in [0.717, 1.165) is 5.56 Å². The maximum Gasteiger partial charge on any atom is 0.220 e. The number of amides is 1. The standard InChI is InChI=1S/C20H30N2O3S/c1-14(2)26(24,25)22-18-12-13-19(23)21-20(18)17-10-8-16(9-11-17)15-6-4-3-5-7-15/h8-11,14-15,18,20,22H,3-7,12-13H2,1-2H3,(H,21,23). The fourth-order valence-corrected chi connectivity index (χ4v) is 4.95. The van der Waals surface area contributed by atoms with E-state index in [9.17, 15) is 13.2 Å². The number of carbonyl (C=O) groups is 1. The third kappa shape index (κ3) is 4.46. The van der Waals surface area contributed by atoms with E-state index in [4.69, 9.17) is 0 Å². The van der Waals surface area contributed by atoms with Crippen LogP contribution in [-0.2, 0) is 14.8 Å². The van der Waals surface area contributed by atoms with Crippen molar-refractivity contribution in [2.24, 2.45) is 0 Å². The van der Waals surface area contributed by atoms with Crippen molar-refractivity contribution in [3.05, 3.63) is 35.4 Å². The molecule has 2 unspecified atom stereocenters. The van der Waals surface area contributed by atoms with E-state index in [1.807, 2.05) is 0 Å². The molecule has 2 atom stereocenters. The molecule has 1 amide bonds. The smallest absolute Gasteiger partial charge is 0.220 e. The van der Waals surface area contributed by atoms with E-state index in [-0.39, 0.29) is 18.0 Å². The molecule has 0 spiro atoms. The molecule has 1 aromatic carbocycles. The molecule has 1 saturated carbocycles. The van der Waals surface area contributed by atoms with E-state index < -0.39 is 15.3 Å². The molecule has 3 rings (SSSR count). The maximum atomic E-state index is 12.3. The molecule has 2 aliphatic rings. The summed E-state index contributed by atoms with van der Waals surface area (Å²) in [7, 11) is -3.38. The van der Waals surface area contributed by atoms with Crippen LogP contribution in [0.15, 0.2) is 24.3 Å². The highest BCUT2D eigenvalue weighted by atomic mass is 32.2. The van der Waals surface area contributed by atoms with Crippen LogP contribution in [0.4, 0.5) is 0 Å². The normalized spacial score (nSPS) is 25.3. The van der Waals surface area contributed by atoms with Gasteiger partial charge in [0.05, 0.1) is 11.3 Å². The third-order valence-corrected chi connectivity index (χ3v) is 7.58. The molecular weight excluding hydrogens is 348 g/mol. The van der Waals surface area contributed by atoms with Gasteiger partial charge in [0.25, 0.3) is 0 Å². The lowest BCUT2D eigenvalue weighted by Crippen LogP contribution is -2.51. The van der Waals surface area contributed by atoms with Crippen LogP contribution in [0.25, 0.3) is 0 Å². The van der Waals surface area contributed by atoms with E-state index >= 15 is 0 Å². The fraction of sp³-hybridized carbons (Fsp3) is 0.650. The molecule has 1 aliphatic carbocycles. The highest BCUT2D eigenvalue weighted by molar-refractivity contribution is 7.90. The first-order valence-corrected chi connectivity index (χ1v) is 11.3. The van der Waals surface area contributed by atoms with Gasteiger partial charge in [0, 0.05) is 12.5 Å². The Morgan fingerprint density at radius 3 is 2.23 bits per heavy atom. The van der Waals surface area contributed by atoms with Gasteiger partial charge in [-0.3, -0.25) is 4.79 Å². The van der Waals surface area contributed by atoms with E-state index in [1.165, 1.54) is 37.7 Å². The summed E-state index contributed by atoms with van der Waals surface area (Å²) in [5, 5.41) is 2.49. The van der Waals surface area contributed by atoms with Crippen molar-refractivity contribution in [3.63, 3.8) is 0 Å². The number of piperidine rings is 1. The summed E-state index contributed by atoms with van der Waals surface area (Å²) in [4.78, 5) is 11.9. The SMILES string of the molecule is CC(C)S(=O)(=O)NC1CCC(=O)NC1c1ccc(C2CCCCC2)cc1. The molecule has 1 aliphatic heterocycles. The van der Waals surface area contributed by atoms with Crippen LogP contribution in [0, 0.1) is 0 Å². The van der Waals surface area contributed by atoms with Crippen LogP contribution in [0.1, 0.15) is 81.9 Å². The lowest BCUT2D eigenvalue weighted by Gasteiger charge is -2.33. The average Bonchev–Trinajstić information content (AvgIpc) is 2.64. The van der Waals surface area contributed by atoms with Crippen LogP contribution in [0.3, 0.4) is 0 Å². The van der Waals surface area contributed by atoms with Gasteiger partial charge in [-0.1, -0.05) is 43.5 Å². The molecule has 26 heavy (non-hydrogen) atoms. The number of benzene rings is 1. The first-order chi connectivity index (χ1) is 12.4. The van der Waals surface area contributed by atoms with Crippen molar-refractivity contribution < 1.29 is 13.2 Å². The Hall–Kier alpha value is -1.40. The van der Waals surface area contributed by atoms with Crippen LogP contribution in [-0.4, -0.2) is 25.6 Å². The van der Waals surface area contributed by atoms with Gasteiger partial charge in [0.15, 0.2) is 0 Å². The number of nitrogens with one attached hydrogen (secondary N) is 2. The zero-order valence-corrected chi connectivity index (χ0v) is 16.5. The van der Waals surface area contributed by atoms with Crippen molar-refractivity contribution >= 4 is 15.9 Å². The Kier molecular flexibility index (Phi) is 6.03. The molecule has 2 N–H and O–H groups in total. The van der Waals surface area contributed by atoms with Gasteiger partial charge in [-0.25, -0.2) is 13.1 Å². The van der Waals surface area contributed by atoms with Gasteiger partial charge < -0.3 is 5.32 Å². The van der Waals surface area contributed by atoms with E-state index in [2.05, 4.69) is 34.3 Å². The van der Waals surface area contributed by atoms with Crippen molar-refractivity contribution in [3.8, 4) is 0 Å². The molecule has 0 radical (unpaired) electrons. The summed E-state index contributed by atoms with van der Waals surface area (Å²) < 4.78 is 27.4. The molecule has 0 aromatic heterocycles. The van der Waals surface area contributed by atoms with Gasteiger partial charge in [-0.15, -0.1) is 0 Å². The average molecular weight is 379 g/mol. The van der Waals surface area contributed by atoms with Crippen molar-refractivity contribution in [2.45, 2.75) is 82.0 Å². The largest absolute Gasteiger partial charge is 0.348 e. The quantitative estimate of drug-likeness (QED) is 0.825. The highest BCUT2D eigenvalue weighted by Crippen LogP contribution is 2.34. The Bertz CT molecular complexity index is 722. The molecule has 1 saturated heterocycles. The molecule has 6 heteroatoms. The molecule has 1 aromatic rings. The maximum absolute atomic E-state index is 12.3. The summed E-state index contributed by atoms with van der Waals surface area (Å²) in [5.41, 5.74) is 2.32. The second-order valence-corrected chi connectivity index (χ2v) is 10.2. The summed E-state index contributed by atoms with van der Waals surface area (Å²) in [6, 6.07) is 7.79. The lowest BCUT2D eigenvalue weighted by molar-refractivity contribution is -0.123. The zero-order chi connectivity index (χ0) is 18.7. The van der Waals surface area contributed by atoms with Crippen molar-refractivity contribution in [1.82, 2.24) is 10.0 Å². The molecule has 5 nitrogen and oxygen atoms in total. The predicted octanol–water partition coefficient (Wildman–Crippen LogP) is 3.38. The number of carbonyl (C=O) groups excluding carboxylic acids is 1. The highest BCUT2D eigenvalue weighted by Gasteiger charge is 2.33. The minimum Gasteiger partial charge on any atom is -0.348 e. The summed E-state index contributed by atoms with van der Waals surface area (Å²) in [5.74, 6) is 0.611. The number of sulfonamides is 1. The van der Waals surface area contributed by atoms with Gasteiger partial charge in [-0.05, 0) is 50.2 Å². The zero-order valence-electron chi connectivity index (χ0n) is 15.7. The Labute approximate surface area is 157 Å². The summed E-state index contributed by atoms with van der Waals surface area (Å²) in [6.07, 6.45) is 7.29. The van der Waals surface area contributed by atoms with Crippen molar-refractivity contribution in [2.75, 3.05) is 0 Å². The van der Waals surface area contributed by atoms with Gasteiger partial charge >= 0.3 is 0 Å². The Morgan fingerprint density at radius 1 is 1.00 bits per heavy atom. The molecule has 1 heterocycles.